The van der Waals surface area contributed by atoms with Gasteiger partial charge in [-0.3, -0.25) is 4.79 Å². The number of rotatable bonds is 6. The first-order valence-electron chi connectivity index (χ1n) is 4.84. The lowest BCUT2D eigenvalue weighted by Crippen LogP contribution is -2.34. The highest BCUT2D eigenvalue weighted by Crippen LogP contribution is 2.07. The summed E-state index contributed by atoms with van der Waals surface area (Å²) in [5.41, 5.74) is 0. The highest BCUT2D eigenvalue weighted by molar-refractivity contribution is 7.89. The van der Waals surface area contributed by atoms with Crippen molar-refractivity contribution in [3.8, 4) is 0 Å². The minimum absolute atomic E-state index is 0.244. The van der Waals surface area contributed by atoms with Crippen molar-refractivity contribution >= 4 is 16.0 Å². The fourth-order valence-electron chi connectivity index (χ4n) is 1.04. The summed E-state index contributed by atoms with van der Waals surface area (Å²) in [6.45, 7) is 3.61. The molecule has 5 nitrogen and oxygen atoms in total. The molecular weight excluding hydrogens is 218 g/mol. The standard InChI is InChI=1S/C9H19NO4S/c1-8(2)15(12,13)10(3)7-5-6-9(11)14-4/h8H,5-7H2,1-4H3. The Bertz CT molecular complexity index is 297. The molecule has 0 aliphatic carbocycles. The molecule has 6 heteroatoms. The van der Waals surface area contributed by atoms with Crippen LogP contribution in [0.1, 0.15) is 26.7 Å². The molecule has 0 fully saturated rings. The zero-order valence-electron chi connectivity index (χ0n) is 9.69. The largest absolute Gasteiger partial charge is 0.469 e. The van der Waals surface area contributed by atoms with Gasteiger partial charge in [-0.15, -0.1) is 0 Å². The highest BCUT2D eigenvalue weighted by Gasteiger charge is 2.21. The second-order valence-corrected chi connectivity index (χ2v) is 6.19. The quantitative estimate of drug-likeness (QED) is 0.635. The first kappa shape index (κ1) is 14.4. The van der Waals surface area contributed by atoms with E-state index < -0.39 is 15.3 Å². The summed E-state index contributed by atoms with van der Waals surface area (Å²) in [6.07, 6.45) is 0.726. The van der Waals surface area contributed by atoms with Gasteiger partial charge in [-0.25, -0.2) is 12.7 Å². The van der Waals surface area contributed by atoms with E-state index >= 15 is 0 Å². The van der Waals surface area contributed by atoms with Crippen molar-refractivity contribution in [3.05, 3.63) is 0 Å². The van der Waals surface area contributed by atoms with E-state index in [0.29, 0.717) is 13.0 Å². The van der Waals surface area contributed by atoms with Crippen LogP contribution in [0.4, 0.5) is 0 Å². The minimum atomic E-state index is -3.20. The first-order valence-corrected chi connectivity index (χ1v) is 6.34. The summed E-state index contributed by atoms with van der Waals surface area (Å²) in [5.74, 6) is -0.314. The molecular formula is C9H19NO4S. The lowest BCUT2D eigenvalue weighted by Gasteiger charge is -2.19. The van der Waals surface area contributed by atoms with Crippen LogP contribution in [0.25, 0.3) is 0 Å². The molecule has 0 heterocycles. The number of esters is 1. The average Bonchev–Trinajstić information content (AvgIpc) is 2.16. The maximum absolute atomic E-state index is 11.6. The fraction of sp³-hybridized carbons (Fsp3) is 0.889. The van der Waals surface area contributed by atoms with E-state index in [1.807, 2.05) is 0 Å². The summed E-state index contributed by atoms with van der Waals surface area (Å²) in [5, 5.41) is -0.430. The number of carbonyl (C=O) groups is 1. The van der Waals surface area contributed by atoms with Crippen molar-refractivity contribution in [1.29, 1.82) is 0 Å². The van der Waals surface area contributed by atoms with Gasteiger partial charge in [-0.05, 0) is 20.3 Å². The number of ether oxygens (including phenoxy) is 1. The summed E-state index contributed by atoms with van der Waals surface area (Å²) >= 11 is 0. The maximum atomic E-state index is 11.6. The van der Waals surface area contributed by atoms with Gasteiger partial charge in [0.25, 0.3) is 0 Å². The van der Waals surface area contributed by atoms with Gasteiger partial charge in [0.2, 0.25) is 10.0 Å². The van der Waals surface area contributed by atoms with Gasteiger partial charge in [-0.2, -0.15) is 0 Å². The van der Waals surface area contributed by atoms with Crippen molar-refractivity contribution in [3.63, 3.8) is 0 Å². The van der Waals surface area contributed by atoms with Gasteiger partial charge in [0.15, 0.2) is 0 Å². The van der Waals surface area contributed by atoms with E-state index in [2.05, 4.69) is 4.74 Å². The molecule has 0 aromatic heterocycles. The molecule has 0 amide bonds. The van der Waals surface area contributed by atoms with Crippen molar-refractivity contribution in [2.45, 2.75) is 31.9 Å². The number of sulfonamides is 1. The third-order valence-electron chi connectivity index (χ3n) is 2.11. The van der Waals surface area contributed by atoms with Crippen LogP contribution in [0.5, 0.6) is 0 Å². The SMILES string of the molecule is COC(=O)CCCN(C)S(=O)(=O)C(C)C. The predicted octanol–water partition coefficient (Wildman–Crippen LogP) is 0.610. The number of methoxy groups -OCH3 is 1. The fourth-order valence-corrected chi connectivity index (χ4v) is 2.14. The molecule has 0 aromatic rings. The number of carbonyl (C=O) groups excluding carboxylic acids is 1. The van der Waals surface area contributed by atoms with Gasteiger partial charge in [0.05, 0.1) is 12.4 Å². The lowest BCUT2D eigenvalue weighted by atomic mass is 10.3. The van der Waals surface area contributed by atoms with Crippen LogP contribution < -0.4 is 0 Å². The van der Waals surface area contributed by atoms with E-state index in [1.54, 1.807) is 13.8 Å². The third-order valence-corrected chi connectivity index (χ3v) is 4.35. The molecule has 0 N–H and O–H groups in total. The molecule has 0 rings (SSSR count). The molecule has 15 heavy (non-hydrogen) atoms. The molecule has 0 aliphatic heterocycles. The Morgan fingerprint density at radius 2 is 1.93 bits per heavy atom. The van der Waals surface area contributed by atoms with Crippen LogP contribution in [0.2, 0.25) is 0 Å². The van der Waals surface area contributed by atoms with Gasteiger partial charge in [-0.1, -0.05) is 0 Å². The van der Waals surface area contributed by atoms with Gasteiger partial charge in [0, 0.05) is 20.0 Å². The van der Waals surface area contributed by atoms with Crippen molar-refractivity contribution < 1.29 is 17.9 Å². The molecule has 0 radical (unpaired) electrons. The molecule has 0 spiro atoms. The normalized spacial score (nSPS) is 12.1. The Hall–Kier alpha value is -0.620. The summed E-state index contributed by atoms with van der Waals surface area (Å²) < 4.78 is 28.9. The van der Waals surface area contributed by atoms with Crippen LogP contribution in [0.3, 0.4) is 0 Å². The van der Waals surface area contributed by atoms with Crippen LogP contribution in [-0.2, 0) is 19.6 Å². The molecule has 0 atom stereocenters. The molecule has 0 unspecified atom stereocenters. The monoisotopic (exact) mass is 237 g/mol. The third kappa shape index (κ3) is 4.61. The van der Waals surface area contributed by atoms with E-state index in [-0.39, 0.29) is 12.4 Å². The van der Waals surface area contributed by atoms with E-state index in [4.69, 9.17) is 0 Å². The van der Waals surface area contributed by atoms with E-state index in [0.717, 1.165) is 0 Å². The Morgan fingerprint density at radius 1 is 1.40 bits per heavy atom. The zero-order valence-corrected chi connectivity index (χ0v) is 10.5. The molecule has 0 aliphatic rings. The van der Waals surface area contributed by atoms with Gasteiger partial charge in [0.1, 0.15) is 0 Å². The summed E-state index contributed by atoms with van der Waals surface area (Å²) in [4.78, 5) is 10.8. The number of hydrogen-bond donors (Lipinski definition) is 0. The van der Waals surface area contributed by atoms with Crippen LogP contribution in [0, 0.1) is 0 Å². The Kier molecular flexibility index (Phi) is 5.82. The zero-order chi connectivity index (χ0) is 12.1. The highest BCUT2D eigenvalue weighted by atomic mass is 32.2. The summed E-state index contributed by atoms with van der Waals surface area (Å²) in [6, 6.07) is 0. The topological polar surface area (TPSA) is 63.7 Å². The Labute approximate surface area is 91.5 Å². The van der Waals surface area contributed by atoms with E-state index in [9.17, 15) is 13.2 Å². The minimum Gasteiger partial charge on any atom is -0.469 e. The Morgan fingerprint density at radius 3 is 2.33 bits per heavy atom. The van der Waals surface area contributed by atoms with Crippen molar-refractivity contribution in [2.75, 3.05) is 20.7 Å². The van der Waals surface area contributed by atoms with Crippen LogP contribution in [0.15, 0.2) is 0 Å². The number of nitrogens with zero attached hydrogens (tertiary/aromatic N) is 1. The summed E-state index contributed by atoms with van der Waals surface area (Å²) in [7, 11) is -0.364. The molecule has 0 saturated heterocycles. The van der Waals surface area contributed by atoms with Gasteiger partial charge >= 0.3 is 5.97 Å². The van der Waals surface area contributed by atoms with Crippen LogP contribution >= 0.6 is 0 Å². The second kappa shape index (κ2) is 6.07. The predicted molar refractivity (Wildman–Crippen MR) is 57.9 cm³/mol. The average molecular weight is 237 g/mol. The number of hydrogen-bond acceptors (Lipinski definition) is 4. The molecule has 0 aromatic carbocycles. The van der Waals surface area contributed by atoms with Crippen molar-refractivity contribution in [1.82, 2.24) is 4.31 Å². The smallest absolute Gasteiger partial charge is 0.305 e. The van der Waals surface area contributed by atoms with E-state index in [1.165, 1.54) is 18.5 Å². The lowest BCUT2D eigenvalue weighted by molar-refractivity contribution is -0.140. The van der Waals surface area contributed by atoms with Gasteiger partial charge < -0.3 is 4.74 Å². The van der Waals surface area contributed by atoms with Crippen LogP contribution in [-0.4, -0.2) is 44.6 Å². The second-order valence-electron chi connectivity index (χ2n) is 3.59. The van der Waals surface area contributed by atoms with Crippen molar-refractivity contribution in [2.24, 2.45) is 0 Å². The Balaban J connectivity index is 4.05. The maximum Gasteiger partial charge on any atom is 0.305 e. The molecule has 0 bridgehead atoms. The first-order chi connectivity index (χ1) is 6.82. The molecule has 0 saturated carbocycles. The molecule has 90 valence electrons.